The van der Waals surface area contributed by atoms with Crippen LogP contribution in [0.5, 0.6) is 0 Å². The van der Waals surface area contributed by atoms with Crippen molar-refractivity contribution in [2.45, 2.75) is 19.9 Å². The van der Waals surface area contributed by atoms with Gasteiger partial charge in [-0.2, -0.15) is 0 Å². The van der Waals surface area contributed by atoms with Gasteiger partial charge in [0.1, 0.15) is 6.04 Å². The number of hydrogen-bond acceptors (Lipinski definition) is 5. The van der Waals surface area contributed by atoms with E-state index in [2.05, 4.69) is 10.1 Å². The maximum atomic E-state index is 13.8. The second-order valence-electron chi connectivity index (χ2n) is 3.90. The molecule has 0 aliphatic carbocycles. The van der Waals surface area contributed by atoms with Gasteiger partial charge >= 0.3 is 11.9 Å². The number of hydrogen-bond donors (Lipinski definition) is 1. The Bertz CT molecular complexity index is 519. The Morgan fingerprint density at radius 2 is 1.95 bits per heavy atom. The van der Waals surface area contributed by atoms with Gasteiger partial charge in [-0.25, -0.2) is 18.4 Å². The van der Waals surface area contributed by atoms with E-state index < -0.39 is 35.2 Å². The van der Waals surface area contributed by atoms with Crippen LogP contribution in [0.15, 0.2) is 12.1 Å². The lowest BCUT2D eigenvalue weighted by molar-refractivity contribution is -0.143. The number of methoxy groups -OCH3 is 1. The summed E-state index contributed by atoms with van der Waals surface area (Å²) >= 11 is 0. The van der Waals surface area contributed by atoms with Crippen LogP contribution in [-0.2, 0) is 14.3 Å². The van der Waals surface area contributed by atoms with Crippen molar-refractivity contribution in [3.8, 4) is 0 Å². The van der Waals surface area contributed by atoms with Gasteiger partial charge in [0, 0.05) is 0 Å². The van der Waals surface area contributed by atoms with Crippen LogP contribution >= 0.6 is 0 Å². The summed E-state index contributed by atoms with van der Waals surface area (Å²) in [5, 5.41) is 2.48. The van der Waals surface area contributed by atoms with Crippen LogP contribution in [0.3, 0.4) is 0 Å². The minimum absolute atomic E-state index is 0.184. The van der Waals surface area contributed by atoms with Gasteiger partial charge in [0.25, 0.3) is 0 Å². The Labute approximate surface area is 114 Å². The highest BCUT2D eigenvalue weighted by molar-refractivity contribution is 5.90. The zero-order chi connectivity index (χ0) is 15.3. The quantitative estimate of drug-likeness (QED) is 0.840. The molecule has 1 N–H and O–H groups in total. The molecule has 1 aromatic rings. The van der Waals surface area contributed by atoms with Crippen molar-refractivity contribution in [2.24, 2.45) is 0 Å². The molecule has 1 unspecified atom stereocenters. The average molecular weight is 287 g/mol. The van der Waals surface area contributed by atoms with Gasteiger partial charge in [0.15, 0.2) is 11.6 Å². The molecular weight excluding hydrogens is 272 g/mol. The zero-order valence-electron chi connectivity index (χ0n) is 11.3. The topological polar surface area (TPSA) is 64.6 Å². The van der Waals surface area contributed by atoms with Crippen LogP contribution in [0.4, 0.5) is 14.5 Å². The number of carbonyl (C=O) groups is 2. The van der Waals surface area contributed by atoms with Crippen molar-refractivity contribution in [1.82, 2.24) is 0 Å². The fourth-order valence-electron chi connectivity index (χ4n) is 1.49. The third-order valence-electron chi connectivity index (χ3n) is 2.50. The van der Waals surface area contributed by atoms with Crippen molar-refractivity contribution in [2.75, 3.05) is 19.0 Å². The standard InChI is InChI=1S/C13H15F2NO4/c1-4-20-12(17)7(2)16-9-6-5-8(13(18)19-3)10(14)11(9)15/h5-7,16H,4H2,1-3H3. The van der Waals surface area contributed by atoms with E-state index in [0.717, 1.165) is 19.2 Å². The van der Waals surface area contributed by atoms with Gasteiger partial charge < -0.3 is 14.8 Å². The van der Waals surface area contributed by atoms with E-state index in [-0.39, 0.29) is 12.3 Å². The van der Waals surface area contributed by atoms with E-state index in [4.69, 9.17) is 4.74 Å². The number of ether oxygens (including phenoxy) is 2. The maximum Gasteiger partial charge on any atom is 0.340 e. The number of nitrogens with one attached hydrogen (secondary N) is 1. The highest BCUT2D eigenvalue weighted by Crippen LogP contribution is 2.22. The molecule has 0 heterocycles. The van der Waals surface area contributed by atoms with E-state index in [1.165, 1.54) is 6.92 Å². The first-order valence-corrected chi connectivity index (χ1v) is 5.91. The Hall–Kier alpha value is -2.18. The Morgan fingerprint density at radius 3 is 2.50 bits per heavy atom. The molecule has 5 nitrogen and oxygen atoms in total. The largest absolute Gasteiger partial charge is 0.465 e. The molecule has 0 bridgehead atoms. The molecule has 0 radical (unpaired) electrons. The van der Waals surface area contributed by atoms with Gasteiger partial charge in [-0.05, 0) is 26.0 Å². The van der Waals surface area contributed by atoms with Gasteiger partial charge in [0.2, 0.25) is 0 Å². The first-order valence-electron chi connectivity index (χ1n) is 5.91. The molecule has 0 saturated carbocycles. The van der Waals surface area contributed by atoms with Crippen molar-refractivity contribution in [1.29, 1.82) is 0 Å². The number of halogens is 2. The molecule has 1 rings (SSSR count). The molecule has 1 aromatic carbocycles. The second-order valence-corrected chi connectivity index (χ2v) is 3.90. The van der Waals surface area contributed by atoms with Crippen LogP contribution in [0, 0.1) is 11.6 Å². The smallest absolute Gasteiger partial charge is 0.340 e. The minimum Gasteiger partial charge on any atom is -0.465 e. The van der Waals surface area contributed by atoms with Crippen molar-refractivity contribution < 1.29 is 27.8 Å². The summed E-state index contributed by atoms with van der Waals surface area (Å²) in [6.07, 6.45) is 0. The first-order chi connectivity index (χ1) is 9.42. The van der Waals surface area contributed by atoms with Gasteiger partial charge in [-0.3, -0.25) is 0 Å². The predicted molar refractivity (Wildman–Crippen MR) is 67.4 cm³/mol. The predicted octanol–water partition coefficient (Wildman–Crippen LogP) is 2.11. The van der Waals surface area contributed by atoms with Crippen LogP contribution in [0.1, 0.15) is 24.2 Å². The lowest BCUT2D eigenvalue weighted by Gasteiger charge is -2.15. The molecule has 110 valence electrons. The molecule has 7 heteroatoms. The Kier molecular flexibility index (Phi) is 5.42. The third kappa shape index (κ3) is 3.43. The number of carbonyl (C=O) groups excluding carboxylic acids is 2. The molecule has 0 aliphatic rings. The average Bonchev–Trinajstić information content (AvgIpc) is 2.43. The third-order valence-corrected chi connectivity index (χ3v) is 2.50. The molecule has 1 atom stereocenters. The number of anilines is 1. The Balaban J connectivity index is 2.96. The van der Waals surface area contributed by atoms with E-state index in [0.29, 0.717) is 0 Å². The fourth-order valence-corrected chi connectivity index (χ4v) is 1.49. The summed E-state index contributed by atoms with van der Waals surface area (Å²) in [5.41, 5.74) is -0.755. The van der Waals surface area contributed by atoms with Crippen LogP contribution in [-0.4, -0.2) is 31.7 Å². The number of rotatable bonds is 5. The molecule has 0 amide bonds. The normalized spacial score (nSPS) is 11.7. The van der Waals surface area contributed by atoms with Crippen LogP contribution < -0.4 is 5.32 Å². The highest BCUT2D eigenvalue weighted by Gasteiger charge is 2.21. The highest BCUT2D eigenvalue weighted by atomic mass is 19.2. The molecule has 0 aromatic heterocycles. The summed E-state index contributed by atoms with van der Waals surface area (Å²) in [7, 11) is 1.06. The van der Waals surface area contributed by atoms with E-state index in [1.54, 1.807) is 6.92 Å². The number of benzene rings is 1. The Morgan fingerprint density at radius 1 is 1.30 bits per heavy atom. The second kappa shape index (κ2) is 6.83. The fraction of sp³-hybridized carbons (Fsp3) is 0.385. The van der Waals surface area contributed by atoms with E-state index >= 15 is 0 Å². The summed E-state index contributed by atoms with van der Waals surface area (Å²) in [5.74, 6) is -4.17. The summed E-state index contributed by atoms with van der Waals surface area (Å²) in [4.78, 5) is 22.6. The van der Waals surface area contributed by atoms with Gasteiger partial charge in [-0.1, -0.05) is 0 Å². The monoisotopic (exact) mass is 287 g/mol. The maximum absolute atomic E-state index is 13.8. The molecular formula is C13H15F2NO4. The zero-order valence-corrected chi connectivity index (χ0v) is 11.3. The molecule has 20 heavy (non-hydrogen) atoms. The van der Waals surface area contributed by atoms with Crippen LogP contribution in [0.2, 0.25) is 0 Å². The van der Waals surface area contributed by atoms with E-state index in [9.17, 15) is 18.4 Å². The lowest BCUT2D eigenvalue weighted by Crippen LogP contribution is -2.28. The van der Waals surface area contributed by atoms with Gasteiger partial charge in [-0.15, -0.1) is 0 Å². The van der Waals surface area contributed by atoms with E-state index in [1.807, 2.05) is 0 Å². The summed E-state index contributed by atoms with van der Waals surface area (Å²) < 4.78 is 36.5. The first kappa shape index (κ1) is 15.9. The van der Waals surface area contributed by atoms with Gasteiger partial charge in [0.05, 0.1) is 25.0 Å². The molecule has 0 fully saturated rings. The summed E-state index contributed by atoms with van der Waals surface area (Å²) in [6.45, 7) is 3.27. The van der Waals surface area contributed by atoms with Crippen molar-refractivity contribution in [3.05, 3.63) is 29.3 Å². The van der Waals surface area contributed by atoms with Crippen molar-refractivity contribution >= 4 is 17.6 Å². The molecule has 0 saturated heterocycles. The molecule has 0 spiro atoms. The number of esters is 2. The van der Waals surface area contributed by atoms with Crippen molar-refractivity contribution in [3.63, 3.8) is 0 Å². The minimum atomic E-state index is -1.34. The SMILES string of the molecule is CCOC(=O)C(C)Nc1ccc(C(=O)OC)c(F)c1F. The molecule has 0 aliphatic heterocycles. The van der Waals surface area contributed by atoms with Crippen LogP contribution in [0.25, 0.3) is 0 Å². The lowest BCUT2D eigenvalue weighted by atomic mass is 10.1. The summed E-state index contributed by atoms with van der Waals surface area (Å²) in [6, 6.07) is 1.37.